The van der Waals surface area contributed by atoms with Crippen LogP contribution < -0.4 is 14.8 Å². The summed E-state index contributed by atoms with van der Waals surface area (Å²) in [6, 6.07) is 15.7. The van der Waals surface area contributed by atoms with Crippen LogP contribution in [0.25, 0.3) is 11.3 Å². The Hall–Kier alpha value is -2.42. The van der Waals surface area contributed by atoms with Crippen molar-refractivity contribution < 1.29 is 13.2 Å². The average molecular weight is 404 g/mol. The first-order chi connectivity index (χ1) is 12.9. The summed E-state index contributed by atoms with van der Waals surface area (Å²) in [5.74, 6) is 0.790. The predicted molar refractivity (Wildman–Crippen MR) is 110 cm³/mol. The maximum absolute atomic E-state index is 11.1. The first-order valence-electron chi connectivity index (χ1n) is 8.33. The van der Waals surface area contributed by atoms with E-state index < -0.39 is 10.0 Å². The van der Waals surface area contributed by atoms with Crippen LogP contribution in [0.5, 0.6) is 5.75 Å². The van der Waals surface area contributed by atoms with Crippen molar-refractivity contribution in [2.45, 2.75) is 6.42 Å². The van der Waals surface area contributed by atoms with Crippen molar-refractivity contribution in [2.75, 3.05) is 25.2 Å². The molecule has 0 atom stereocenters. The Bertz CT molecular complexity index is 999. The van der Waals surface area contributed by atoms with Crippen molar-refractivity contribution in [3.63, 3.8) is 0 Å². The van der Waals surface area contributed by atoms with Crippen molar-refractivity contribution >= 4 is 32.2 Å². The molecule has 1 heterocycles. The molecule has 2 N–H and O–H groups in total. The van der Waals surface area contributed by atoms with E-state index in [1.807, 2.05) is 53.9 Å². The van der Waals surface area contributed by atoms with Crippen LogP contribution in [-0.2, 0) is 16.4 Å². The third-order valence-corrected chi connectivity index (χ3v) is 5.34. The molecule has 0 unspecified atom stereocenters. The molecule has 6 nitrogen and oxygen atoms in total. The predicted octanol–water partition coefficient (Wildman–Crippen LogP) is 3.65. The van der Waals surface area contributed by atoms with Crippen LogP contribution in [-0.4, -0.2) is 33.3 Å². The Morgan fingerprint density at radius 1 is 1.15 bits per heavy atom. The smallest absolute Gasteiger partial charge is 0.208 e. The van der Waals surface area contributed by atoms with Gasteiger partial charge in [-0.15, -0.1) is 11.3 Å². The number of methoxy groups -OCH3 is 1. The summed E-state index contributed by atoms with van der Waals surface area (Å²) >= 11 is 1.53. The minimum absolute atomic E-state index is 0.392. The third-order valence-electron chi connectivity index (χ3n) is 3.85. The molecule has 1 aromatic heterocycles. The van der Waals surface area contributed by atoms with Crippen molar-refractivity contribution in [1.29, 1.82) is 0 Å². The monoisotopic (exact) mass is 403 g/mol. The van der Waals surface area contributed by atoms with Gasteiger partial charge in [-0.1, -0.05) is 30.3 Å². The van der Waals surface area contributed by atoms with Crippen LogP contribution in [0.2, 0.25) is 0 Å². The summed E-state index contributed by atoms with van der Waals surface area (Å²) in [4.78, 5) is 4.63. The number of ether oxygens (including phenoxy) is 1. The summed E-state index contributed by atoms with van der Waals surface area (Å²) in [5.41, 5.74) is 3.90. The van der Waals surface area contributed by atoms with Gasteiger partial charge in [0.15, 0.2) is 5.13 Å². The zero-order chi connectivity index (χ0) is 19.3. The number of hydrogen-bond donors (Lipinski definition) is 2. The molecule has 142 valence electrons. The highest BCUT2D eigenvalue weighted by Crippen LogP contribution is 2.28. The van der Waals surface area contributed by atoms with Crippen LogP contribution in [0, 0.1) is 0 Å². The van der Waals surface area contributed by atoms with E-state index in [1.54, 1.807) is 7.11 Å². The van der Waals surface area contributed by atoms with Crippen LogP contribution in [0.15, 0.2) is 53.9 Å². The molecule has 0 saturated heterocycles. The molecule has 0 radical (unpaired) electrons. The van der Waals surface area contributed by atoms with Crippen molar-refractivity contribution in [2.24, 2.45) is 0 Å². The lowest BCUT2D eigenvalue weighted by molar-refractivity contribution is 0.415. The fourth-order valence-electron chi connectivity index (χ4n) is 2.51. The Kier molecular flexibility index (Phi) is 6.10. The van der Waals surface area contributed by atoms with Gasteiger partial charge < -0.3 is 10.1 Å². The third kappa shape index (κ3) is 5.78. The molecule has 0 saturated carbocycles. The molecule has 3 rings (SSSR count). The topological polar surface area (TPSA) is 80.3 Å². The van der Waals surface area contributed by atoms with E-state index >= 15 is 0 Å². The highest BCUT2D eigenvalue weighted by atomic mass is 32.2. The highest BCUT2D eigenvalue weighted by molar-refractivity contribution is 7.88. The second-order valence-electron chi connectivity index (χ2n) is 6.01. The average Bonchev–Trinajstić information content (AvgIpc) is 3.10. The second kappa shape index (κ2) is 8.51. The molecule has 27 heavy (non-hydrogen) atoms. The Balaban J connectivity index is 1.63. The van der Waals surface area contributed by atoms with Gasteiger partial charge in [0, 0.05) is 29.2 Å². The lowest BCUT2D eigenvalue weighted by Crippen LogP contribution is -2.24. The number of rotatable bonds is 8. The van der Waals surface area contributed by atoms with Gasteiger partial charge >= 0.3 is 0 Å². The maximum Gasteiger partial charge on any atom is 0.208 e. The van der Waals surface area contributed by atoms with Gasteiger partial charge in [-0.3, -0.25) is 0 Å². The number of anilines is 2. The van der Waals surface area contributed by atoms with Crippen molar-refractivity contribution in [3.05, 3.63) is 59.5 Å². The lowest BCUT2D eigenvalue weighted by atomic mass is 10.1. The number of benzene rings is 2. The van der Waals surface area contributed by atoms with E-state index in [9.17, 15) is 8.42 Å². The SMILES string of the molecule is COc1cccc(Nc2nc(-c3ccc(CCNS(C)(=O)=O)cc3)cs2)c1. The number of aromatic nitrogens is 1. The van der Waals surface area contributed by atoms with Crippen LogP contribution >= 0.6 is 11.3 Å². The van der Waals surface area contributed by atoms with E-state index in [0.29, 0.717) is 13.0 Å². The van der Waals surface area contributed by atoms with Crippen LogP contribution in [0.1, 0.15) is 5.56 Å². The molecule has 0 aliphatic heterocycles. The molecule has 0 aliphatic carbocycles. The lowest BCUT2D eigenvalue weighted by Gasteiger charge is -2.05. The minimum Gasteiger partial charge on any atom is -0.497 e. The number of nitrogens with zero attached hydrogens (tertiary/aromatic N) is 1. The minimum atomic E-state index is -3.15. The van der Waals surface area contributed by atoms with Gasteiger partial charge in [-0.25, -0.2) is 18.1 Å². The first-order valence-corrected chi connectivity index (χ1v) is 11.1. The Morgan fingerprint density at radius 3 is 2.63 bits per heavy atom. The molecule has 0 amide bonds. The van der Waals surface area contributed by atoms with Gasteiger partial charge in [0.2, 0.25) is 10.0 Å². The molecule has 0 bridgehead atoms. The van der Waals surface area contributed by atoms with Crippen LogP contribution in [0.3, 0.4) is 0 Å². The fraction of sp³-hybridized carbons (Fsp3) is 0.211. The summed E-state index contributed by atoms with van der Waals surface area (Å²) in [5, 5.41) is 6.09. The molecule has 3 aromatic rings. The summed E-state index contributed by atoms with van der Waals surface area (Å²) in [6.45, 7) is 0.392. The van der Waals surface area contributed by atoms with Gasteiger partial charge in [0.05, 0.1) is 19.1 Å². The fourth-order valence-corrected chi connectivity index (χ4v) is 3.72. The van der Waals surface area contributed by atoms with E-state index in [2.05, 4.69) is 15.0 Å². The van der Waals surface area contributed by atoms with E-state index in [4.69, 9.17) is 4.74 Å². The van der Waals surface area contributed by atoms with E-state index in [-0.39, 0.29) is 0 Å². The largest absolute Gasteiger partial charge is 0.497 e. The Morgan fingerprint density at radius 2 is 1.93 bits per heavy atom. The molecular formula is C19H21N3O3S2. The maximum atomic E-state index is 11.1. The van der Waals surface area contributed by atoms with Crippen molar-refractivity contribution in [3.8, 4) is 17.0 Å². The number of nitrogens with one attached hydrogen (secondary N) is 2. The zero-order valence-electron chi connectivity index (χ0n) is 15.1. The highest BCUT2D eigenvalue weighted by Gasteiger charge is 2.06. The quantitative estimate of drug-likeness (QED) is 0.600. The standard InChI is InChI=1S/C19H21N3O3S2/c1-25-17-5-3-4-16(12-17)21-19-22-18(13-26-19)15-8-6-14(7-9-15)10-11-20-27(2,23)24/h3-9,12-13,20H,10-11H2,1-2H3,(H,21,22). The van der Waals surface area contributed by atoms with Gasteiger partial charge in [-0.2, -0.15) is 0 Å². The number of thiazole rings is 1. The van der Waals surface area contributed by atoms with E-state index in [1.165, 1.54) is 11.3 Å². The first kappa shape index (κ1) is 19.3. The van der Waals surface area contributed by atoms with Gasteiger partial charge in [0.1, 0.15) is 5.75 Å². The molecule has 8 heteroatoms. The number of sulfonamides is 1. The Labute approximate surface area is 163 Å². The molecule has 0 aliphatic rings. The summed E-state index contributed by atoms with van der Waals surface area (Å²) in [7, 11) is -1.51. The van der Waals surface area contributed by atoms with Crippen LogP contribution in [0.4, 0.5) is 10.8 Å². The molecular weight excluding hydrogens is 382 g/mol. The van der Waals surface area contributed by atoms with E-state index in [0.717, 1.165) is 39.6 Å². The zero-order valence-corrected chi connectivity index (χ0v) is 16.7. The molecule has 2 aromatic carbocycles. The van der Waals surface area contributed by atoms with Gasteiger partial charge in [0.25, 0.3) is 0 Å². The van der Waals surface area contributed by atoms with Crippen molar-refractivity contribution in [1.82, 2.24) is 9.71 Å². The number of hydrogen-bond acceptors (Lipinski definition) is 6. The normalized spacial score (nSPS) is 11.3. The molecule has 0 spiro atoms. The summed E-state index contributed by atoms with van der Waals surface area (Å²) < 4.78 is 29.9. The van der Waals surface area contributed by atoms with Gasteiger partial charge in [-0.05, 0) is 24.1 Å². The molecule has 0 fully saturated rings. The second-order valence-corrected chi connectivity index (χ2v) is 8.70. The summed E-state index contributed by atoms with van der Waals surface area (Å²) in [6.07, 6.45) is 1.81.